The van der Waals surface area contributed by atoms with Gasteiger partial charge >= 0.3 is 6.18 Å². The third-order valence-corrected chi connectivity index (χ3v) is 4.59. The molecule has 3 heterocycles. The van der Waals surface area contributed by atoms with E-state index >= 15 is 0 Å². The van der Waals surface area contributed by atoms with Crippen LogP contribution in [0.3, 0.4) is 0 Å². The van der Waals surface area contributed by atoms with Gasteiger partial charge in [0.25, 0.3) is 0 Å². The van der Waals surface area contributed by atoms with E-state index in [9.17, 15) is 13.2 Å². The third-order valence-electron chi connectivity index (χ3n) is 2.03. The number of fused-ring (bicyclic) bond motifs is 1. The minimum absolute atomic E-state index is 0.127. The molecule has 0 radical (unpaired) electrons. The molecule has 0 spiro atoms. The Morgan fingerprint density at radius 3 is 2.56 bits per heavy atom. The van der Waals surface area contributed by atoms with Gasteiger partial charge in [0.2, 0.25) is 9.97 Å². The zero-order chi connectivity index (χ0) is 12.9. The van der Waals surface area contributed by atoms with Crippen molar-refractivity contribution in [2.45, 2.75) is 6.18 Å². The first-order valence-corrected chi connectivity index (χ1v) is 6.93. The van der Waals surface area contributed by atoms with Gasteiger partial charge in [0.05, 0.1) is 8.66 Å². The Kier molecular flexibility index (Phi) is 2.68. The van der Waals surface area contributed by atoms with Gasteiger partial charge in [-0.1, -0.05) is 11.3 Å². The molecule has 0 amide bonds. The van der Waals surface area contributed by atoms with E-state index in [1.165, 1.54) is 11.3 Å². The summed E-state index contributed by atoms with van der Waals surface area (Å²) in [6, 6.07) is 3.54. The summed E-state index contributed by atoms with van der Waals surface area (Å²) in [5.74, 6) is 0.312. The molecule has 3 aromatic heterocycles. The van der Waals surface area contributed by atoms with Crippen molar-refractivity contribution >= 4 is 43.6 Å². The summed E-state index contributed by atoms with van der Waals surface area (Å²) in [5, 5.41) is 10.1. The maximum Gasteiger partial charge on any atom is 0.445 e. The molecule has 94 valence electrons. The predicted octanol–water partition coefficient (Wildman–Crippen LogP) is 3.70. The Bertz CT molecular complexity index is 713. The molecule has 0 fully saturated rings. The molecule has 3 aromatic rings. The highest BCUT2D eigenvalue weighted by atomic mass is 79.9. The molecule has 0 unspecified atom stereocenters. The first-order chi connectivity index (χ1) is 8.45. The zero-order valence-electron chi connectivity index (χ0n) is 8.27. The van der Waals surface area contributed by atoms with Crippen LogP contribution in [0.5, 0.6) is 0 Å². The van der Waals surface area contributed by atoms with Crippen molar-refractivity contribution in [2.75, 3.05) is 0 Å². The van der Waals surface area contributed by atoms with Gasteiger partial charge in [-0.25, -0.2) is 0 Å². The van der Waals surface area contributed by atoms with Gasteiger partial charge in [0.1, 0.15) is 0 Å². The normalized spacial score (nSPS) is 12.4. The quantitative estimate of drug-likeness (QED) is 0.669. The van der Waals surface area contributed by atoms with Crippen LogP contribution in [-0.2, 0) is 6.18 Å². The van der Waals surface area contributed by atoms with Gasteiger partial charge in [-0.2, -0.15) is 17.7 Å². The van der Waals surface area contributed by atoms with Crippen LogP contribution < -0.4 is 0 Å². The van der Waals surface area contributed by atoms with Crippen LogP contribution in [0.1, 0.15) is 5.01 Å². The minimum atomic E-state index is -4.46. The molecule has 0 aliphatic heterocycles. The Morgan fingerprint density at radius 2 is 1.94 bits per heavy atom. The fourth-order valence-electron chi connectivity index (χ4n) is 1.32. The lowest BCUT2D eigenvalue weighted by Crippen LogP contribution is -2.05. The zero-order valence-corrected chi connectivity index (χ0v) is 11.5. The van der Waals surface area contributed by atoms with E-state index in [0.29, 0.717) is 22.0 Å². The number of alkyl halides is 3. The van der Waals surface area contributed by atoms with Crippen molar-refractivity contribution < 1.29 is 13.2 Å². The average Bonchev–Trinajstić information content (AvgIpc) is 2.89. The first kappa shape index (κ1) is 12.1. The van der Waals surface area contributed by atoms with E-state index in [0.717, 1.165) is 8.30 Å². The monoisotopic (exact) mass is 354 g/mol. The van der Waals surface area contributed by atoms with Crippen molar-refractivity contribution in [3.8, 4) is 10.7 Å². The largest absolute Gasteiger partial charge is 0.445 e. The van der Waals surface area contributed by atoms with E-state index in [1.807, 2.05) is 0 Å². The molecule has 0 N–H and O–H groups in total. The van der Waals surface area contributed by atoms with Crippen LogP contribution in [-0.4, -0.2) is 19.8 Å². The smallest absolute Gasteiger partial charge is 0.181 e. The number of halogens is 4. The van der Waals surface area contributed by atoms with Crippen LogP contribution >= 0.6 is 38.6 Å². The molecule has 0 saturated heterocycles. The summed E-state index contributed by atoms with van der Waals surface area (Å²) < 4.78 is 39.5. The summed E-state index contributed by atoms with van der Waals surface area (Å²) >= 11 is 5.11. The van der Waals surface area contributed by atoms with Gasteiger partial charge in [0, 0.05) is 0 Å². The summed E-state index contributed by atoms with van der Waals surface area (Å²) in [5.41, 5.74) is 0. The van der Waals surface area contributed by atoms with E-state index in [-0.39, 0.29) is 4.96 Å². The molecule has 4 nitrogen and oxygen atoms in total. The maximum absolute atomic E-state index is 12.5. The maximum atomic E-state index is 12.5. The van der Waals surface area contributed by atoms with Crippen molar-refractivity contribution in [3.05, 3.63) is 20.9 Å². The van der Waals surface area contributed by atoms with Crippen molar-refractivity contribution in [1.82, 2.24) is 19.8 Å². The van der Waals surface area contributed by atoms with Crippen LogP contribution in [0.25, 0.3) is 15.7 Å². The van der Waals surface area contributed by atoms with Gasteiger partial charge in [-0.3, -0.25) is 0 Å². The highest BCUT2D eigenvalue weighted by Gasteiger charge is 2.36. The fourth-order valence-corrected chi connectivity index (χ4v) is 3.38. The molecular weight excluding hydrogens is 353 g/mol. The molecule has 0 aliphatic rings. The minimum Gasteiger partial charge on any atom is -0.181 e. The van der Waals surface area contributed by atoms with E-state index in [4.69, 9.17) is 0 Å². The van der Waals surface area contributed by atoms with E-state index in [2.05, 4.69) is 31.2 Å². The van der Waals surface area contributed by atoms with Crippen LogP contribution in [0.15, 0.2) is 15.9 Å². The Balaban J connectivity index is 2.17. The third kappa shape index (κ3) is 1.93. The number of thiophene rings is 1. The van der Waals surface area contributed by atoms with Crippen LogP contribution in [0.2, 0.25) is 0 Å². The highest BCUT2D eigenvalue weighted by molar-refractivity contribution is 9.11. The molecule has 0 aliphatic carbocycles. The SMILES string of the molecule is FC(F)(F)c1nn2c(-c3ccc(Br)s3)nnc2s1. The Morgan fingerprint density at radius 1 is 1.17 bits per heavy atom. The molecule has 0 atom stereocenters. The number of hydrogen-bond donors (Lipinski definition) is 0. The second-order valence-corrected chi connectivity index (χ2v) is 6.65. The molecule has 10 heteroatoms. The van der Waals surface area contributed by atoms with Gasteiger partial charge in [0.15, 0.2) is 5.82 Å². The van der Waals surface area contributed by atoms with Crippen molar-refractivity contribution in [3.63, 3.8) is 0 Å². The number of aromatic nitrogens is 4. The molecule has 0 aromatic carbocycles. The average molecular weight is 355 g/mol. The van der Waals surface area contributed by atoms with Gasteiger partial charge in [-0.15, -0.1) is 26.6 Å². The lowest BCUT2D eigenvalue weighted by molar-refractivity contribution is -0.138. The lowest BCUT2D eigenvalue weighted by atomic mass is 10.4. The first-order valence-electron chi connectivity index (χ1n) is 4.50. The summed E-state index contributed by atoms with van der Waals surface area (Å²) in [6.07, 6.45) is -4.46. The second kappa shape index (κ2) is 4.00. The van der Waals surface area contributed by atoms with E-state index in [1.54, 1.807) is 12.1 Å². The number of hydrogen-bond acceptors (Lipinski definition) is 5. The van der Waals surface area contributed by atoms with Crippen LogP contribution in [0.4, 0.5) is 13.2 Å². The van der Waals surface area contributed by atoms with Gasteiger partial charge < -0.3 is 0 Å². The lowest BCUT2D eigenvalue weighted by Gasteiger charge is -1.98. The summed E-state index contributed by atoms with van der Waals surface area (Å²) in [4.78, 5) is 0.829. The Labute approximate surface area is 114 Å². The van der Waals surface area contributed by atoms with Crippen molar-refractivity contribution in [2.24, 2.45) is 0 Å². The topological polar surface area (TPSA) is 43.1 Å². The summed E-state index contributed by atoms with van der Waals surface area (Å²) in [6.45, 7) is 0. The van der Waals surface area contributed by atoms with Crippen molar-refractivity contribution in [1.29, 1.82) is 0 Å². The number of rotatable bonds is 1. The summed E-state index contributed by atoms with van der Waals surface area (Å²) in [7, 11) is 0. The number of nitrogens with zero attached hydrogens (tertiary/aromatic N) is 4. The van der Waals surface area contributed by atoms with Crippen LogP contribution in [0, 0.1) is 0 Å². The molecular formula is C8H2BrF3N4S2. The highest BCUT2D eigenvalue weighted by Crippen LogP contribution is 2.35. The standard InChI is InChI=1S/C8H2BrF3N4S2/c9-4-2-1-3(17-4)5-13-14-7-16(5)15-6(18-7)8(10,11)12/h1-2H. The fraction of sp³-hybridized carbons (Fsp3) is 0.125. The van der Waals surface area contributed by atoms with E-state index < -0.39 is 11.2 Å². The second-order valence-electron chi connectivity index (χ2n) is 3.23. The predicted molar refractivity (Wildman–Crippen MR) is 64.7 cm³/mol. The molecule has 0 saturated carbocycles. The molecule has 3 rings (SSSR count). The molecule has 0 bridgehead atoms. The van der Waals surface area contributed by atoms with Gasteiger partial charge in [-0.05, 0) is 28.1 Å². The Hall–Kier alpha value is -1.000. The molecule has 18 heavy (non-hydrogen) atoms.